The highest BCUT2D eigenvalue weighted by molar-refractivity contribution is 6.02. The number of ketones is 1. The number of fused-ring (bicyclic) bond motifs is 1. The summed E-state index contributed by atoms with van der Waals surface area (Å²) in [4.78, 5) is 57.7. The number of ether oxygens (including phenoxy) is 1. The average Bonchev–Trinajstić information content (AvgIpc) is 3.49. The van der Waals surface area contributed by atoms with Crippen molar-refractivity contribution in [2.75, 3.05) is 7.11 Å². The lowest BCUT2D eigenvalue weighted by Gasteiger charge is -2.23. The Morgan fingerprint density at radius 1 is 1.19 bits per heavy atom. The number of nitrogens with zero attached hydrogens (tertiary/aromatic N) is 1. The summed E-state index contributed by atoms with van der Waals surface area (Å²) in [5, 5.41) is 6.14. The molecule has 3 atom stereocenters. The quantitative estimate of drug-likeness (QED) is 0.338. The lowest BCUT2D eigenvalue weighted by atomic mass is 9.96. The third kappa shape index (κ3) is 5.70. The number of carbonyl (C=O) groups excluding carboxylic acids is 4. The number of benzene rings is 1. The molecular formula is C26H29N5O5. The van der Waals surface area contributed by atoms with E-state index >= 15 is 0 Å². The van der Waals surface area contributed by atoms with Crippen LogP contribution < -0.4 is 21.1 Å². The molecule has 1 aromatic carbocycles. The molecule has 3 amide bonds. The Kier molecular flexibility index (Phi) is 7.62. The first-order valence-electron chi connectivity index (χ1n) is 11.8. The van der Waals surface area contributed by atoms with Crippen LogP contribution in [-0.2, 0) is 20.8 Å². The maximum Gasteiger partial charge on any atom is 0.268 e. The topological polar surface area (TPSA) is 156 Å². The van der Waals surface area contributed by atoms with Crippen LogP contribution >= 0.6 is 0 Å². The number of aromatic amines is 1. The van der Waals surface area contributed by atoms with Crippen molar-refractivity contribution in [3.63, 3.8) is 0 Å². The number of pyridine rings is 1. The second-order valence-electron chi connectivity index (χ2n) is 8.95. The highest BCUT2D eigenvalue weighted by Gasteiger charge is 2.32. The largest absolute Gasteiger partial charge is 0.496 e. The van der Waals surface area contributed by atoms with Gasteiger partial charge in [0, 0.05) is 42.1 Å². The molecule has 5 N–H and O–H groups in total. The molecule has 188 valence electrons. The number of nitrogens with one attached hydrogen (secondary N) is 3. The number of hydrogen-bond donors (Lipinski definition) is 4. The number of rotatable bonds is 10. The van der Waals surface area contributed by atoms with Gasteiger partial charge < -0.3 is 26.1 Å². The van der Waals surface area contributed by atoms with Crippen LogP contribution in [0, 0.1) is 5.92 Å². The molecule has 0 spiro atoms. The molecule has 0 unspecified atom stereocenters. The van der Waals surface area contributed by atoms with Crippen LogP contribution in [0.25, 0.3) is 10.9 Å². The lowest BCUT2D eigenvalue weighted by Crippen LogP contribution is -2.54. The molecule has 10 heteroatoms. The van der Waals surface area contributed by atoms with Gasteiger partial charge in [0.2, 0.25) is 11.8 Å². The molecule has 2 heterocycles. The van der Waals surface area contributed by atoms with Crippen molar-refractivity contribution >= 4 is 34.4 Å². The number of methoxy groups -OCH3 is 1. The zero-order chi connectivity index (χ0) is 25.7. The third-order valence-corrected chi connectivity index (χ3v) is 6.48. The van der Waals surface area contributed by atoms with Gasteiger partial charge in [0.05, 0.1) is 7.11 Å². The Bertz CT molecular complexity index is 1270. The van der Waals surface area contributed by atoms with E-state index in [1.807, 2.05) is 6.07 Å². The molecule has 2 aromatic heterocycles. The Hall–Kier alpha value is -4.21. The normalized spacial score (nSPS) is 16.9. The molecule has 0 bridgehead atoms. The second-order valence-corrected chi connectivity index (χ2v) is 8.95. The van der Waals surface area contributed by atoms with Gasteiger partial charge in [-0.3, -0.25) is 24.2 Å². The van der Waals surface area contributed by atoms with E-state index < -0.39 is 29.8 Å². The second kappa shape index (κ2) is 11.0. The summed E-state index contributed by atoms with van der Waals surface area (Å²) >= 11 is 0. The Morgan fingerprint density at radius 3 is 2.69 bits per heavy atom. The molecule has 1 saturated carbocycles. The van der Waals surface area contributed by atoms with E-state index in [9.17, 15) is 19.2 Å². The van der Waals surface area contributed by atoms with Gasteiger partial charge in [0.1, 0.15) is 29.3 Å². The number of hydrogen-bond acceptors (Lipinski definition) is 6. The molecule has 0 aliphatic heterocycles. The van der Waals surface area contributed by atoms with E-state index in [0.717, 1.165) is 17.4 Å². The van der Waals surface area contributed by atoms with Crippen molar-refractivity contribution in [3.8, 4) is 5.75 Å². The van der Waals surface area contributed by atoms with Crippen molar-refractivity contribution in [2.45, 2.75) is 44.2 Å². The average molecular weight is 492 g/mol. The number of primary amides is 1. The van der Waals surface area contributed by atoms with Gasteiger partial charge in [0.15, 0.2) is 0 Å². The summed E-state index contributed by atoms with van der Waals surface area (Å²) in [6, 6.07) is 8.54. The van der Waals surface area contributed by atoms with Crippen molar-refractivity contribution < 1.29 is 23.9 Å². The van der Waals surface area contributed by atoms with E-state index in [4.69, 9.17) is 10.5 Å². The van der Waals surface area contributed by atoms with E-state index in [2.05, 4.69) is 20.6 Å². The molecule has 1 fully saturated rings. The first-order valence-corrected chi connectivity index (χ1v) is 11.8. The maximum atomic E-state index is 13.3. The van der Waals surface area contributed by atoms with E-state index in [0.29, 0.717) is 24.1 Å². The first kappa shape index (κ1) is 24.9. The van der Waals surface area contributed by atoms with Crippen molar-refractivity contribution in [1.29, 1.82) is 0 Å². The van der Waals surface area contributed by atoms with Gasteiger partial charge >= 0.3 is 0 Å². The molecule has 1 aliphatic rings. The number of Topliss-reactive ketones (excluding diaryl/α,β-unsaturated/α-hetero) is 1. The maximum absolute atomic E-state index is 13.3. The van der Waals surface area contributed by atoms with Crippen LogP contribution in [0.1, 0.15) is 41.7 Å². The molecule has 1 aliphatic carbocycles. The van der Waals surface area contributed by atoms with Gasteiger partial charge in [-0.05, 0) is 49.1 Å². The zero-order valence-corrected chi connectivity index (χ0v) is 20.0. The Morgan fingerprint density at radius 2 is 2.03 bits per heavy atom. The number of nitrogens with two attached hydrogens (primary N) is 1. The van der Waals surface area contributed by atoms with Gasteiger partial charge in [-0.25, -0.2) is 0 Å². The molecule has 4 rings (SSSR count). The Balaban J connectivity index is 1.54. The van der Waals surface area contributed by atoms with E-state index in [1.54, 1.807) is 49.8 Å². The zero-order valence-electron chi connectivity index (χ0n) is 20.0. The molecule has 0 saturated heterocycles. The third-order valence-electron chi connectivity index (χ3n) is 6.48. The van der Waals surface area contributed by atoms with Crippen LogP contribution in [0.15, 0.2) is 48.8 Å². The highest BCUT2D eigenvalue weighted by Crippen LogP contribution is 2.27. The summed E-state index contributed by atoms with van der Waals surface area (Å²) < 4.78 is 5.36. The van der Waals surface area contributed by atoms with Crippen LogP contribution in [0.2, 0.25) is 0 Å². The fourth-order valence-electron chi connectivity index (χ4n) is 4.57. The number of aromatic nitrogens is 2. The fraction of sp³-hybridized carbons (Fsp3) is 0.346. The SMILES string of the molecule is COc1cccc2[nH]c(C(=O)N[C@@H](Cc3cccnc3)C(=O)N[C@@H](C[C@@H]3CCCC3=O)C(N)=O)cc12. The van der Waals surface area contributed by atoms with E-state index in [1.165, 1.54) is 0 Å². The fourth-order valence-corrected chi connectivity index (χ4v) is 4.57. The molecule has 36 heavy (non-hydrogen) atoms. The molecular weight excluding hydrogens is 462 g/mol. The molecule has 10 nitrogen and oxygen atoms in total. The monoisotopic (exact) mass is 491 g/mol. The van der Waals surface area contributed by atoms with Crippen LogP contribution in [-0.4, -0.2) is 52.7 Å². The van der Waals surface area contributed by atoms with Gasteiger partial charge in [-0.15, -0.1) is 0 Å². The minimum Gasteiger partial charge on any atom is -0.496 e. The lowest BCUT2D eigenvalue weighted by molar-refractivity contribution is -0.129. The van der Waals surface area contributed by atoms with Gasteiger partial charge in [-0.1, -0.05) is 12.1 Å². The molecule has 3 aromatic rings. The summed E-state index contributed by atoms with van der Waals surface area (Å²) in [7, 11) is 1.55. The Labute approximate surface area is 208 Å². The van der Waals surface area contributed by atoms with Crippen LogP contribution in [0.5, 0.6) is 5.75 Å². The van der Waals surface area contributed by atoms with Gasteiger partial charge in [-0.2, -0.15) is 0 Å². The van der Waals surface area contributed by atoms with Crippen molar-refractivity contribution in [2.24, 2.45) is 11.7 Å². The number of amides is 3. The predicted octanol–water partition coefficient (Wildman–Crippen LogP) is 1.64. The summed E-state index contributed by atoms with van der Waals surface area (Å²) in [6.07, 6.45) is 5.40. The van der Waals surface area contributed by atoms with E-state index in [-0.39, 0.29) is 30.2 Å². The highest BCUT2D eigenvalue weighted by atomic mass is 16.5. The number of H-pyrrole nitrogens is 1. The molecule has 0 radical (unpaired) electrons. The summed E-state index contributed by atoms with van der Waals surface area (Å²) in [5.41, 5.74) is 7.23. The standard InChI is InChI=1S/C26H29N5O5/c1-36-23-9-3-7-18-17(23)13-21(29-18)26(35)31-20(11-15-5-4-10-28-14-15)25(34)30-19(24(27)33)12-16-6-2-8-22(16)32/h3-5,7,9-10,13-14,16,19-20,29H,2,6,8,11-12H2,1H3,(H2,27,33)(H,30,34)(H,31,35)/t16-,19-,20-/m0/s1. The van der Waals surface area contributed by atoms with Gasteiger partial charge in [0.25, 0.3) is 5.91 Å². The van der Waals surface area contributed by atoms with Crippen LogP contribution in [0.4, 0.5) is 0 Å². The number of carbonyl (C=O) groups is 4. The summed E-state index contributed by atoms with van der Waals surface area (Å²) in [6.45, 7) is 0. The van der Waals surface area contributed by atoms with Crippen molar-refractivity contribution in [3.05, 3.63) is 60.0 Å². The van der Waals surface area contributed by atoms with Crippen LogP contribution in [0.3, 0.4) is 0 Å². The summed E-state index contributed by atoms with van der Waals surface area (Å²) in [5.74, 6) is -1.43. The predicted molar refractivity (Wildman–Crippen MR) is 132 cm³/mol. The smallest absolute Gasteiger partial charge is 0.268 e. The first-order chi connectivity index (χ1) is 17.4. The van der Waals surface area contributed by atoms with Crippen molar-refractivity contribution in [1.82, 2.24) is 20.6 Å². The minimum absolute atomic E-state index is 0.0740. The minimum atomic E-state index is -1.02.